The van der Waals surface area contributed by atoms with E-state index in [0.29, 0.717) is 17.1 Å². The molecule has 1 fully saturated rings. The van der Waals surface area contributed by atoms with E-state index < -0.39 is 0 Å². The maximum atomic E-state index is 12.4. The van der Waals surface area contributed by atoms with Crippen molar-refractivity contribution in [2.75, 3.05) is 19.7 Å². The Balaban J connectivity index is 2.17. The van der Waals surface area contributed by atoms with E-state index in [1.165, 1.54) is 0 Å². The fourth-order valence-electron chi connectivity index (χ4n) is 2.23. The van der Waals surface area contributed by atoms with Gasteiger partial charge in [-0.05, 0) is 37.0 Å². The second kappa shape index (κ2) is 6.04. The molecule has 0 spiro atoms. The van der Waals surface area contributed by atoms with Crippen LogP contribution in [0, 0.1) is 5.92 Å². The minimum atomic E-state index is -0.0561. The van der Waals surface area contributed by atoms with E-state index in [-0.39, 0.29) is 18.4 Å². The van der Waals surface area contributed by atoms with E-state index in [9.17, 15) is 9.90 Å². The van der Waals surface area contributed by atoms with Crippen molar-refractivity contribution in [2.45, 2.75) is 12.8 Å². The molecule has 18 heavy (non-hydrogen) atoms. The van der Waals surface area contributed by atoms with Gasteiger partial charge >= 0.3 is 0 Å². The number of hydrogen-bond acceptors (Lipinski definition) is 2. The number of amides is 1. The quantitative estimate of drug-likeness (QED) is 0.904. The monoisotopic (exact) mass is 331 g/mol. The van der Waals surface area contributed by atoms with Crippen molar-refractivity contribution in [2.24, 2.45) is 5.92 Å². The van der Waals surface area contributed by atoms with Gasteiger partial charge in [0.05, 0.1) is 10.6 Å². The molecule has 1 aromatic carbocycles. The summed E-state index contributed by atoms with van der Waals surface area (Å²) >= 11 is 9.41. The normalized spacial score (nSPS) is 19.9. The molecule has 3 nitrogen and oxygen atoms in total. The van der Waals surface area contributed by atoms with Crippen molar-refractivity contribution in [3.8, 4) is 0 Å². The fourth-order valence-corrected chi connectivity index (χ4v) is 2.79. The van der Waals surface area contributed by atoms with Gasteiger partial charge in [-0.1, -0.05) is 27.5 Å². The van der Waals surface area contributed by atoms with Crippen LogP contribution in [0.4, 0.5) is 0 Å². The van der Waals surface area contributed by atoms with Crippen LogP contribution in [0.5, 0.6) is 0 Å². The van der Waals surface area contributed by atoms with Crippen molar-refractivity contribution in [1.82, 2.24) is 4.90 Å². The lowest BCUT2D eigenvalue weighted by Crippen LogP contribution is -2.41. The second-order valence-corrected chi connectivity index (χ2v) is 5.89. The Morgan fingerprint density at radius 2 is 2.33 bits per heavy atom. The summed E-state index contributed by atoms with van der Waals surface area (Å²) in [5.41, 5.74) is 0.518. The number of carbonyl (C=O) groups excluding carboxylic acids is 1. The highest BCUT2D eigenvalue weighted by molar-refractivity contribution is 9.10. The maximum absolute atomic E-state index is 12.4. The Morgan fingerprint density at radius 1 is 1.56 bits per heavy atom. The number of nitrogens with zero attached hydrogens (tertiary/aromatic N) is 1. The largest absolute Gasteiger partial charge is 0.396 e. The van der Waals surface area contributed by atoms with Crippen LogP contribution in [0.3, 0.4) is 0 Å². The third-order valence-corrected chi connectivity index (χ3v) is 4.05. The molecule has 0 radical (unpaired) electrons. The molecule has 0 bridgehead atoms. The van der Waals surface area contributed by atoms with Crippen LogP contribution in [0.15, 0.2) is 22.7 Å². The predicted molar refractivity (Wildman–Crippen MR) is 74.9 cm³/mol. The Bertz CT molecular complexity index is 453. The fraction of sp³-hybridized carbons (Fsp3) is 0.462. The van der Waals surface area contributed by atoms with Crippen LogP contribution in [-0.4, -0.2) is 35.6 Å². The summed E-state index contributed by atoms with van der Waals surface area (Å²) < 4.78 is 0.839. The average molecular weight is 333 g/mol. The minimum Gasteiger partial charge on any atom is -0.396 e. The number of piperidine rings is 1. The van der Waals surface area contributed by atoms with E-state index in [4.69, 9.17) is 11.6 Å². The van der Waals surface area contributed by atoms with Gasteiger partial charge in [0.2, 0.25) is 0 Å². The third-order valence-electron chi connectivity index (χ3n) is 3.22. The zero-order valence-electron chi connectivity index (χ0n) is 9.90. The molecule has 1 aliphatic rings. The van der Waals surface area contributed by atoms with E-state index >= 15 is 0 Å². The number of aliphatic hydroxyl groups is 1. The SMILES string of the molecule is O=C(c1cc(Br)ccc1Cl)N1CCCC(CO)C1. The van der Waals surface area contributed by atoms with Crippen molar-refractivity contribution >= 4 is 33.4 Å². The Labute approximate surface area is 120 Å². The molecule has 5 heteroatoms. The van der Waals surface area contributed by atoms with Crippen LogP contribution in [0.25, 0.3) is 0 Å². The van der Waals surface area contributed by atoms with Gasteiger partial charge in [0, 0.05) is 24.2 Å². The summed E-state index contributed by atoms with van der Waals surface area (Å²) in [6.45, 7) is 1.48. The Morgan fingerprint density at radius 3 is 3.06 bits per heavy atom. The second-order valence-electron chi connectivity index (χ2n) is 4.57. The van der Waals surface area contributed by atoms with E-state index in [2.05, 4.69) is 15.9 Å². The van der Waals surface area contributed by atoms with Gasteiger partial charge in [-0.25, -0.2) is 0 Å². The van der Waals surface area contributed by atoms with Crippen LogP contribution in [-0.2, 0) is 0 Å². The van der Waals surface area contributed by atoms with Gasteiger partial charge in [0.25, 0.3) is 5.91 Å². The summed E-state index contributed by atoms with van der Waals surface area (Å²) in [4.78, 5) is 14.1. The molecule has 0 aliphatic carbocycles. The van der Waals surface area contributed by atoms with Crippen LogP contribution in [0.1, 0.15) is 23.2 Å². The number of aliphatic hydroxyl groups excluding tert-OH is 1. The van der Waals surface area contributed by atoms with E-state index in [1.54, 1.807) is 17.0 Å². The molecule has 1 atom stereocenters. The van der Waals surface area contributed by atoms with Crippen molar-refractivity contribution in [1.29, 1.82) is 0 Å². The first-order valence-electron chi connectivity index (χ1n) is 5.97. The standard InChI is InChI=1S/C13H15BrClNO2/c14-10-3-4-12(15)11(6-10)13(18)16-5-1-2-9(7-16)8-17/h3-4,6,9,17H,1-2,5,7-8H2. The maximum Gasteiger partial charge on any atom is 0.255 e. The highest BCUT2D eigenvalue weighted by atomic mass is 79.9. The van der Waals surface area contributed by atoms with E-state index in [0.717, 1.165) is 23.9 Å². The van der Waals surface area contributed by atoms with Crippen LogP contribution >= 0.6 is 27.5 Å². The zero-order valence-corrected chi connectivity index (χ0v) is 12.2. The summed E-state index contributed by atoms with van der Waals surface area (Å²) in [6, 6.07) is 5.27. The lowest BCUT2D eigenvalue weighted by molar-refractivity contribution is 0.0621. The summed E-state index contributed by atoms with van der Waals surface area (Å²) in [5.74, 6) is 0.132. The molecule has 0 saturated carbocycles. The average Bonchev–Trinajstić information content (AvgIpc) is 2.41. The molecule has 1 unspecified atom stereocenters. The topological polar surface area (TPSA) is 40.5 Å². The van der Waals surface area contributed by atoms with Gasteiger partial charge < -0.3 is 10.0 Å². The molecule has 98 valence electrons. The molecular weight excluding hydrogens is 318 g/mol. The van der Waals surface area contributed by atoms with Gasteiger partial charge in [0.1, 0.15) is 0 Å². The molecule has 1 N–H and O–H groups in total. The van der Waals surface area contributed by atoms with Gasteiger partial charge in [-0.3, -0.25) is 4.79 Å². The van der Waals surface area contributed by atoms with Crippen molar-refractivity contribution in [3.05, 3.63) is 33.3 Å². The highest BCUT2D eigenvalue weighted by Gasteiger charge is 2.25. The van der Waals surface area contributed by atoms with Gasteiger partial charge in [-0.15, -0.1) is 0 Å². The molecule has 0 aromatic heterocycles. The first-order chi connectivity index (χ1) is 8.61. The Kier molecular flexibility index (Phi) is 4.65. The first kappa shape index (κ1) is 13.8. The number of benzene rings is 1. The lowest BCUT2D eigenvalue weighted by Gasteiger charge is -2.32. The molecule has 2 rings (SSSR count). The molecule has 1 heterocycles. The van der Waals surface area contributed by atoms with Gasteiger partial charge in [0.15, 0.2) is 0 Å². The smallest absolute Gasteiger partial charge is 0.255 e. The van der Waals surface area contributed by atoms with Crippen LogP contribution < -0.4 is 0 Å². The molecule has 1 aromatic rings. The number of halogens is 2. The lowest BCUT2D eigenvalue weighted by atomic mass is 9.98. The summed E-state index contributed by atoms with van der Waals surface area (Å²) in [5, 5.41) is 9.66. The predicted octanol–water partition coefficient (Wildman–Crippen LogP) is 2.95. The number of rotatable bonds is 2. The Hall–Kier alpha value is -0.580. The molecular formula is C13H15BrClNO2. The highest BCUT2D eigenvalue weighted by Crippen LogP contribution is 2.24. The van der Waals surface area contributed by atoms with Gasteiger partial charge in [-0.2, -0.15) is 0 Å². The third kappa shape index (κ3) is 3.05. The van der Waals surface area contributed by atoms with Crippen molar-refractivity contribution < 1.29 is 9.90 Å². The molecule has 1 saturated heterocycles. The van der Waals surface area contributed by atoms with Crippen LogP contribution in [0.2, 0.25) is 5.02 Å². The number of hydrogen-bond donors (Lipinski definition) is 1. The number of carbonyl (C=O) groups is 1. The first-order valence-corrected chi connectivity index (χ1v) is 7.14. The van der Waals surface area contributed by atoms with E-state index in [1.807, 2.05) is 6.07 Å². The summed E-state index contributed by atoms with van der Waals surface area (Å²) in [7, 11) is 0. The van der Waals surface area contributed by atoms with Crippen molar-refractivity contribution in [3.63, 3.8) is 0 Å². The molecule has 1 amide bonds. The minimum absolute atomic E-state index is 0.0561. The number of likely N-dealkylation sites (tertiary alicyclic amines) is 1. The summed E-state index contributed by atoms with van der Waals surface area (Å²) in [6.07, 6.45) is 1.91. The molecule has 1 aliphatic heterocycles. The zero-order chi connectivity index (χ0) is 13.1.